The molecule has 0 unspecified atom stereocenters. The molecule has 0 rings (SSSR count). The number of carbonyl (C=O) groups excluding carboxylic acids is 1. The summed E-state index contributed by atoms with van der Waals surface area (Å²) in [5.41, 5.74) is 0. The molecule has 0 radical (unpaired) electrons. The Hall–Kier alpha value is -0.680. The summed E-state index contributed by atoms with van der Waals surface area (Å²) in [5, 5.41) is 2.89. The van der Waals surface area contributed by atoms with E-state index in [1.807, 2.05) is 0 Å². The Bertz CT molecular complexity index is 296. The summed E-state index contributed by atoms with van der Waals surface area (Å²) in [5.74, 6) is 1.15. The lowest BCUT2D eigenvalue weighted by molar-refractivity contribution is -0.139. The van der Waals surface area contributed by atoms with E-state index < -0.39 is 7.60 Å². The highest BCUT2D eigenvalue weighted by atomic mass is 31.2. The van der Waals surface area contributed by atoms with Gasteiger partial charge in [-0.3, -0.25) is 9.36 Å². The molecule has 0 amide bonds. The van der Waals surface area contributed by atoms with Gasteiger partial charge in [-0.15, -0.1) is 0 Å². The van der Waals surface area contributed by atoms with Crippen LogP contribution in [0.5, 0.6) is 0 Å². The fourth-order valence-corrected chi connectivity index (χ4v) is 2.51. The maximum absolute atomic E-state index is 12.0. The number of nitrogens with one attached hydrogen (secondary N) is 1. The van der Waals surface area contributed by atoms with Crippen molar-refractivity contribution in [2.24, 2.45) is 0 Å². The quantitative estimate of drug-likeness (QED) is 0.374. The summed E-state index contributed by atoms with van der Waals surface area (Å²) in [6.07, 6.45) is 2.34. The van der Waals surface area contributed by atoms with Crippen molar-refractivity contribution >= 4 is 13.6 Å². The largest absolute Gasteiger partial charge is 0.468 e. The zero-order valence-corrected chi connectivity index (χ0v) is 12.1. The van der Waals surface area contributed by atoms with Crippen LogP contribution in [0.4, 0.5) is 0 Å². The van der Waals surface area contributed by atoms with E-state index in [0.29, 0.717) is 26.2 Å². The highest BCUT2D eigenvalue weighted by molar-refractivity contribution is 7.57. The maximum Gasteiger partial charge on any atom is 0.353 e. The first-order valence-corrected chi connectivity index (χ1v) is 7.53. The van der Waals surface area contributed by atoms with E-state index in [0.717, 1.165) is 0 Å². The van der Waals surface area contributed by atoms with Crippen molar-refractivity contribution in [1.29, 1.82) is 0 Å². The van der Waals surface area contributed by atoms with Gasteiger partial charge in [0.1, 0.15) is 0 Å². The molecule has 1 N–H and O–H groups in total. The van der Waals surface area contributed by atoms with Gasteiger partial charge in [0.25, 0.3) is 0 Å². The van der Waals surface area contributed by atoms with Crippen molar-refractivity contribution in [3.63, 3.8) is 0 Å². The van der Waals surface area contributed by atoms with Crippen LogP contribution in [0, 0.1) is 0 Å². The van der Waals surface area contributed by atoms with Crippen LogP contribution in [0.3, 0.4) is 0 Å². The second-order valence-corrected chi connectivity index (χ2v) is 5.20. The minimum atomic E-state index is -3.09. The highest BCUT2D eigenvalue weighted by Gasteiger charge is 2.18. The molecule has 0 fully saturated rings. The smallest absolute Gasteiger partial charge is 0.353 e. The molecule has 0 saturated heterocycles. The van der Waals surface area contributed by atoms with E-state index in [4.69, 9.17) is 9.05 Å². The predicted octanol–water partition coefficient (Wildman–Crippen LogP) is 1.92. The number of esters is 1. The third-order valence-corrected chi connectivity index (χ3v) is 3.70. The molecule has 0 aliphatic rings. The third-order valence-electron chi connectivity index (χ3n) is 1.89. The Balaban J connectivity index is 3.90. The van der Waals surface area contributed by atoms with Crippen LogP contribution in [0.15, 0.2) is 11.9 Å². The SMILES string of the molecule is CCOP(=O)(C=CCCNCC(=O)OC)OCC. The first-order valence-electron chi connectivity index (χ1n) is 5.92. The molecule has 0 aromatic heterocycles. The average molecular weight is 279 g/mol. The molecule has 0 aromatic rings. The maximum atomic E-state index is 12.0. The van der Waals surface area contributed by atoms with Crippen LogP contribution < -0.4 is 5.32 Å². The minimum absolute atomic E-state index is 0.166. The molecule has 0 aliphatic carbocycles. The number of methoxy groups -OCH3 is 1. The monoisotopic (exact) mass is 279 g/mol. The molecule has 6 nitrogen and oxygen atoms in total. The molecule has 0 aromatic carbocycles. The van der Waals surface area contributed by atoms with Gasteiger partial charge in [-0.2, -0.15) is 0 Å². The van der Waals surface area contributed by atoms with Crippen LogP contribution in [0.1, 0.15) is 20.3 Å². The lowest BCUT2D eigenvalue weighted by Crippen LogP contribution is -2.24. The van der Waals surface area contributed by atoms with Gasteiger partial charge >= 0.3 is 13.6 Å². The average Bonchev–Trinajstić information content (AvgIpc) is 2.33. The first-order chi connectivity index (χ1) is 8.58. The second kappa shape index (κ2) is 10.3. The topological polar surface area (TPSA) is 73.9 Å². The molecule has 0 bridgehead atoms. The number of hydrogen-bond acceptors (Lipinski definition) is 6. The zero-order chi connectivity index (χ0) is 13.9. The number of carbonyl (C=O) groups is 1. The van der Waals surface area contributed by atoms with Gasteiger partial charge in [-0.1, -0.05) is 6.08 Å². The third kappa shape index (κ3) is 8.42. The second-order valence-electron chi connectivity index (χ2n) is 3.30. The summed E-state index contributed by atoms with van der Waals surface area (Å²) < 4.78 is 26.6. The molecule has 106 valence electrons. The molecular weight excluding hydrogens is 257 g/mol. The summed E-state index contributed by atoms with van der Waals surface area (Å²) >= 11 is 0. The Morgan fingerprint density at radius 2 is 1.89 bits per heavy atom. The zero-order valence-electron chi connectivity index (χ0n) is 11.2. The molecule has 18 heavy (non-hydrogen) atoms. The molecule has 0 aliphatic heterocycles. The van der Waals surface area contributed by atoms with E-state index in [2.05, 4.69) is 10.1 Å². The van der Waals surface area contributed by atoms with Crippen molar-refractivity contribution in [2.45, 2.75) is 20.3 Å². The lowest BCUT2D eigenvalue weighted by atomic mass is 10.4. The molecule has 0 heterocycles. The molecule has 0 atom stereocenters. The lowest BCUT2D eigenvalue weighted by Gasteiger charge is -2.12. The normalized spacial score (nSPS) is 11.9. The van der Waals surface area contributed by atoms with Crippen LogP contribution in [0.2, 0.25) is 0 Å². The molecule has 0 saturated carbocycles. The summed E-state index contributed by atoms with van der Waals surface area (Å²) in [4.78, 5) is 10.8. The van der Waals surface area contributed by atoms with Gasteiger partial charge in [0.2, 0.25) is 0 Å². The minimum Gasteiger partial charge on any atom is -0.468 e. The van der Waals surface area contributed by atoms with Gasteiger partial charge < -0.3 is 19.1 Å². The summed E-state index contributed by atoms with van der Waals surface area (Å²) in [6.45, 7) is 4.95. The Morgan fingerprint density at radius 1 is 1.28 bits per heavy atom. The van der Waals surface area contributed by atoms with Crippen molar-refractivity contribution in [3.8, 4) is 0 Å². The molecular formula is C11H22NO5P. The van der Waals surface area contributed by atoms with Crippen molar-refractivity contribution < 1.29 is 23.1 Å². The van der Waals surface area contributed by atoms with Gasteiger partial charge in [-0.25, -0.2) is 0 Å². The van der Waals surface area contributed by atoms with Crippen LogP contribution >= 0.6 is 7.60 Å². The van der Waals surface area contributed by atoms with Crippen molar-refractivity contribution in [3.05, 3.63) is 11.9 Å². The summed E-state index contributed by atoms with van der Waals surface area (Å²) in [6, 6.07) is 0. The van der Waals surface area contributed by atoms with Gasteiger partial charge in [0.15, 0.2) is 0 Å². The van der Waals surface area contributed by atoms with E-state index in [-0.39, 0.29) is 12.5 Å². The fraction of sp³-hybridized carbons (Fsp3) is 0.727. The van der Waals surface area contributed by atoms with Crippen LogP contribution in [-0.4, -0.2) is 39.4 Å². The number of rotatable bonds is 10. The predicted molar refractivity (Wildman–Crippen MR) is 69.5 cm³/mol. The van der Waals surface area contributed by atoms with E-state index in [1.165, 1.54) is 12.9 Å². The van der Waals surface area contributed by atoms with Gasteiger partial charge in [0, 0.05) is 5.82 Å². The standard InChI is InChI=1S/C11H22NO5P/c1-4-16-18(14,17-5-2)9-7-6-8-12-10-11(13)15-3/h7,9,12H,4-6,8,10H2,1-3H3. The van der Waals surface area contributed by atoms with Gasteiger partial charge in [-0.05, 0) is 26.8 Å². The number of ether oxygens (including phenoxy) is 1. The van der Waals surface area contributed by atoms with Gasteiger partial charge in [0.05, 0.1) is 26.9 Å². The number of hydrogen-bond donors (Lipinski definition) is 1. The fourth-order valence-electron chi connectivity index (χ4n) is 1.13. The van der Waals surface area contributed by atoms with E-state index in [9.17, 15) is 9.36 Å². The van der Waals surface area contributed by atoms with Crippen LogP contribution in [-0.2, 0) is 23.1 Å². The molecule has 7 heteroatoms. The first kappa shape index (κ1) is 17.3. The van der Waals surface area contributed by atoms with Crippen molar-refractivity contribution in [1.82, 2.24) is 5.32 Å². The Kier molecular flexibility index (Phi) is 9.87. The summed E-state index contributed by atoms with van der Waals surface area (Å²) in [7, 11) is -1.76. The highest BCUT2D eigenvalue weighted by Crippen LogP contribution is 2.49. The molecule has 0 spiro atoms. The van der Waals surface area contributed by atoms with Crippen LogP contribution in [0.25, 0.3) is 0 Å². The Labute approximate surface area is 108 Å². The Morgan fingerprint density at radius 3 is 2.39 bits per heavy atom. The van der Waals surface area contributed by atoms with E-state index >= 15 is 0 Å². The van der Waals surface area contributed by atoms with Crippen molar-refractivity contribution in [2.75, 3.05) is 33.4 Å². The van der Waals surface area contributed by atoms with E-state index in [1.54, 1.807) is 19.9 Å².